The average Bonchev–Trinajstić information content (AvgIpc) is 2.95. The number of carbonyl (C=O) groups excluding carboxylic acids is 1. The van der Waals surface area contributed by atoms with E-state index in [1.807, 2.05) is 48.3 Å². The van der Waals surface area contributed by atoms with Gasteiger partial charge in [0.25, 0.3) is 0 Å². The molecule has 5 heteroatoms. The quantitative estimate of drug-likeness (QED) is 0.624. The number of amides is 2. The average molecular weight is 358 g/mol. The monoisotopic (exact) mass is 358 g/mol. The summed E-state index contributed by atoms with van der Waals surface area (Å²) in [6.07, 6.45) is 7.94. The Morgan fingerprint density at radius 3 is 2.68 bits per heavy atom. The van der Waals surface area contributed by atoms with E-state index in [0.29, 0.717) is 6.29 Å². The number of urea groups is 1. The van der Waals surface area contributed by atoms with Crippen molar-refractivity contribution in [2.24, 2.45) is 0 Å². The van der Waals surface area contributed by atoms with Crippen molar-refractivity contribution in [3.05, 3.63) is 54.8 Å². The number of fused-ring (bicyclic) bond motifs is 1. The zero-order chi connectivity index (χ0) is 18.6. The molecule has 1 atom stereocenters. The Kier molecular flexibility index (Phi) is 6.07. The highest BCUT2D eigenvalue weighted by Gasteiger charge is 2.40. The van der Waals surface area contributed by atoms with Crippen LogP contribution >= 0.6 is 7.92 Å². The van der Waals surface area contributed by atoms with Gasteiger partial charge < -0.3 is 10.1 Å². The lowest BCUT2D eigenvalue weighted by Crippen LogP contribution is -2.38. The minimum Gasteiger partial charge on any atom is -0.496 e. The molecule has 0 aliphatic carbocycles. The van der Waals surface area contributed by atoms with E-state index in [1.165, 1.54) is 5.30 Å². The Hall–Kier alpha value is -2.06. The van der Waals surface area contributed by atoms with Crippen molar-refractivity contribution in [2.45, 2.75) is 32.9 Å². The summed E-state index contributed by atoms with van der Waals surface area (Å²) >= 11 is 0. The maximum atomic E-state index is 12.8. The van der Waals surface area contributed by atoms with Crippen LogP contribution in [-0.2, 0) is 0 Å². The number of anilines is 1. The molecule has 1 N–H and O–H groups in total. The summed E-state index contributed by atoms with van der Waals surface area (Å²) in [4.78, 5) is 14.7. The molecule has 4 nitrogen and oxygen atoms in total. The van der Waals surface area contributed by atoms with Crippen molar-refractivity contribution in [1.82, 2.24) is 5.32 Å². The van der Waals surface area contributed by atoms with E-state index in [-0.39, 0.29) is 11.2 Å². The van der Waals surface area contributed by atoms with Crippen molar-refractivity contribution in [1.29, 1.82) is 0 Å². The molecular weight excluding hydrogens is 331 g/mol. The van der Waals surface area contributed by atoms with Crippen LogP contribution in [0, 0.1) is 0 Å². The number of allylic oxidation sites excluding steroid dienone is 5. The van der Waals surface area contributed by atoms with E-state index >= 15 is 0 Å². The summed E-state index contributed by atoms with van der Waals surface area (Å²) in [5.41, 5.74) is 1.74. The molecule has 1 unspecified atom stereocenters. The molecule has 2 rings (SSSR count). The summed E-state index contributed by atoms with van der Waals surface area (Å²) in [5.74, 6) is 0.870. The largest absolute Gasteiger partial charge is 0.496 e. The molecule has 0 spiro atoms. The van der Waals surface area contributed by atoms with Gasteiger partial charge in [-0.1, -0.05) is 51.6 Å². The van der Waals surface area contributed by atoms with Gasteiger partial charge in [-0.05, 0) is 38.2 Å². The van der Waals surface area contributed by atoms with Crippen LogP contribution in [0.15, 0.2) is 54.8 Å². The van der Waals surface area contributed by atoms with Gasteiger partial charge in [-0.3, -0.25) is 4.90 Å². The Balaban J connectivity index is 2.33. The third kappa shape index (κ3) is 4.32. The maximum absolute atomic E-state index is 12.8. The molecule has 0 fully saturated rings. The third-order valence-electron chi connectivity index (χ3n) is 3.99. The number of ether oxygens (including phenoxy) is 1. The van der Waals surface area contributed by atoms with Crippen molar-refractivity contribution in [3.8, 4) is 5.75 Å². The molecular formula is C20H27N2O2P. The zero-order valence-corrected chi connectivity index (χ0v) is 16.6. The van der Waals surface area contributed by atoms with E-state index < -0.39 is 7.92 Å². The molecule has 25 heavy (non-hydrogen) atoms. The van der Waals surface area contributed by atoms with Crippen molar-refractivity contribution in [2.75, 3.05) is 18.3 Å². The van der Waals surface area contributed by atoms with E-state index in [9.17, 15) is 4.79 Å². The molecule has 0 radical (unpaired) electrons. The van der Waals surface area contributed by atoms with Gasteiger partial charge in [-0.2, -0.15) is 0 Å². The highest BCUT2D eigenvalue weighted by molar-refractivity contribution is 7.68. The Bertz CT molecular complexity index is 717. The smallest absolute Gasteiger partial charge is 0.326 e. The molecule has 1 aromatic carbocycles. The normalized spacial score (nSPS) is 17.6. The van der Waals surface area contributed by atoms with Gasteiger partial charge in [-0.15, -0.1) is 0 Å². The number of hydrogen-bond acceptors (Lipinski definition) is 2. The fourth-order valence-corrected chi connectivity index (χ4v) is 5.43. The minimum atomic E-state index is -0.546. The van der Waals surface area contributed by atoms with E-state index in [4.69, 9.17) is 4.74 Å². The highest BCUT2D eigenvalue weighted by Crippen LogP contribution is 2.57. The van der Waals surface area contributed by atoms with Crippen molar-refractivity contribution in [3.63, 3.8) is 0 Å². The second-order valence-electron chi connectivity index (χ2n) is 6.90. The number of benzene rings is 1. The summed E-state index contributed by atoms with van der Waals surface area (Å²) in [6.45, 7) is 12.2. The van der Waals surface area contributed by atoms with Crippen molar-refractivity contribution >= 4 is 24.9 Å². The fourth-order valence-electron chi connectivity index (χ4n) is 2.73. The molecule has 1 heterocycles. The third-order valence-corrected chi connectivity index (χ3v) is 7.17. The Labute approximate surface area is 152 Å². The number of hydrogen-bond donors (Lipinski definition) is 1. The Morgan fingerprint density at radius 2 is 2.08 bits per heavy atom. The number of rotatable bonds is 4. The number of carbonyl (C=O) groups is 1. The van der Waals surface area contributed by atoms with Gasteiger partial charge in [0.1, 0.15) is 5.75 Å². The molecule has 1 aliphatic heterocycles. The standard InChI is InChI=1S/C20H27N2O2P/c1-7-8-9-11-15(2)21-19(23)22-14-25(20(3,4)5)18-16(22)12-10-13-17(18)24-6/h7-13H,1,14H2,2-6H3,(H,21,23)/b9-8-,15-11+. The van der Waals surface area contributed by atoms with Crippen molar-refractivity contribution < 1.29 is 9.53 Å². The van der Waals surface area contributed by atoms with Gasteiger partial charge in [-0.25, -0.2) is 4.79 Å². The van der Waals surface area contributed by atoms with E-state index in [2.05, 4.69) is 32.7 Å². The molecule has 0 saturated heterocycles. The van der Waals surface area contributed by atoms with Gasteiger partial charge in [0.15, 0.2) is 0 Å². The summed E-state index contributed by atoms with van der Waals surface area (Å²) in [5, 5.41) is 4.23. The first-order chi connectivity index (χ1) is 11.8. The summed E-state index contributed by atoms with van der Waals surface area (Å²) in [7, 11) is 1.14. The molecule has 0 aromatic heterocycles. The second-order valence-corrected chi connectivity index (χ2v) is 9.82. The fraction of sp³-hybridized carbons (Fsp3) is 0.350. The lowest BCUT2D eigenvalue weighted by molar-refractivity contribution is 0.249. The molecule has 0 bridgehead atoms. The highest BCUT2D eigenvalue weighted by atomic mass is 31.1. The van der Waals surface area contributed by atoms with Crippen LogP contribution < -0.4 is 20.3 Å². The Morgan fingerprint density at radius 1 is 1.36 bits per heavy atom. The first kappa shape index (κ1) is 19.3. The first-order valence-corrected chi connectivity index (χ1v) is 9.81. The van der Waals surface area contributed by atoms with E-state index in [0.717, 1.165) is 17.1 Å². The van der Waals surface area contributed by atoms with Gasteiger partial charge >= 0.3 is 6.03 Å². The van der Waals surface area contributed by atoms with Crippen LogP contribution in [0.5, 0.6) is 5.75 Å². The number of methoxy groups -OCH3 is 1. The molecule has 134 valence electrons. The predicted molar refractivity (Wildman–Crippen MR) is 108 cm³/mol. The predicted octanol–water partition coefficient (Wildman–Crippen LogP) is 4.73. The molecule has 1 aromatic rings. The van der Waals surface area contributed by atoms with Crippen LogP contribution in [0.1, 0.15) is 27.7 Å². The SMILES string of the molecule is C=C/C=C\C=C(/C)NC(=O)N1CP(C(C)(C)C)c2c(OC)cccc21. The lowest BCUT2D eigenvalue weighted by atomic mass is 10.2. The van der Waals surface area contributed by atoms with Gasteiger partial charge in [0.05, 0.1) is 19.1 Å². The van der Waals surface area contributed by atoms with Crippen LogP contribution in [0.2, 0.25) is 0 Å². The second kappa shape index (κ2) is 7.88. The first-order valence-electron chi connectivity index (χ1n) is 8.28. The maximum Gasteiger partial charge on any atom is 0.326 e. The molecule has 2 amide bonds. The number of nitrogens with one attached hydrogen (secondary N) is 1. The van der Waals surface area contributed by atoms with E-state index in [1.54, 1.807) is 13.2 Å². The van der Waals surface area contributed by atoms with Crippen LogP contribution in [0.4, 0.5) is 10.5 Å². The van der Waals surface area contributed by atoms with Crippen LogP contribution in [0.25, 0.3) is 0 Å². The molecule has 0 saturated carbocycles. The summed E-state index contributed by atoms with van der Waals surface area (Å²) in [6, 6.07) is 5.81. The number of nitrogens with zero attached hydrogens (tertiary/aromatic N) is 1. The van der Waals surface area contributed by atoms with Crippen LogP contribution in [0.3, 0.4) is 0 Å². The lowest BCUT2D eigenvalue weighted by Gasteiger charge is -2.28. The van der Waals surface area contributed by atoms with Crippen LogP contribution in [-0.4, -0.2) is 24.6 Å². The molecule has 1 aliphatic rings. The van der Waals surface area contributed by atoms with Gasteiger partial charge in [0, 0.05) is 11.0 Å². The zero-order valence-electron chi connectivity index (χ0n) is 15.7. The van der Waals surface area contributed by atoms with Gasteiger partial charge in [0.2, 0.25) is 0 Å². The topological polar surface area (TPSA) is 41.6 Å². The minimum absolute atomic E-state index is 0.0886. The summed E-state index contributed by atoms with van der Waals surface area (Å²) < 4.78 is 5.59.